The summed E-state index contributed by atoms with van der Waals surface area (Å²) in [6, 6.07) is 0. The molecule has 0 radical (unpaired) electrons. The standard InChI is InChI=1S/C12H17N/c1-9(2)7-11-6-5-10(3)8-12(11)13-4/h5-9H,1-4H3/b11-7-,13-12-. The first-order valence-corrected chi connectivity index (χ1v) is 4.69. The highest BCUT2D eigenvalue weighted by Gasteiger charge is 2.05. The maximum atomic E-state index is 4.25. The molecule has 13 heavy (non-hydrogen) atoms. The molecule has 0 spiro atoms. The predicted molar refractivity (Wildman–Crippen MR) is 59.2 cm³/mol. The Hall–Kier alpha value is -1.11. The second-order valence-corrected chi connectivity index (χ2v) is 3.70. The van der Waals surface area contributed by atoms with Crippen molar-refractivity contribution in [2.24, 2.45) is 10.9 Å². The first-order chi connectivity index (χ1) is 6.13. The predicted octanol–water partition coefficient (Wildman–Crippen LogP) is 3.16. The minimum Gasteiger partial charge on any atom is -0.288 e. The van der Waals surface area contributed by atoms with Gasteiger partial charge in [-0.15, -0.1) is 0 Å². The molecule has 0 aromatic carbocycles. The lowest BCUT2D eigenvalue weighted by Crippen LogP contribution is -2.03. The van der Waals surface area contributed by atoms with Crippen molar-refractivity contribution in [3.8, 4) is 0 Å². The Bertz CT molecular complexity index is 301. The third kappa shape index (κ3) is 2.69. The lowest BCUT2D eigenvalue weighted by atomic mass is 9.98. The van der Waals surface area contributed by atoms with E-state index in [1.807, 2.05) is 7.05 Å². The van der Waals surface area contributed by atoms with Gasteiger partial charge in [0.15, 0.2) is 0 Å². The van der Waals surface area contributed by atoms with Crippen LogP contribution in [0.1, 0.15) is 20.8 Å². The molecule has 0 fully saturated rings. The van der Waals surface area contributed by atoms with E-state index in [0.717, 1.165) is 5.71 Å². The number of aliphatic imine (C=N–C) groups is 1. The van der Waals surface area contributed by atoms with Gasteiger partial charge in [-0.2, -0.15) is 0 Å². The minimum atomic E-state index is 0.572. The molecule has 0 aromatic rings. The number of allylic oxidation sites excluding steroid dienone is 6. The minimum absolute atomic E-state index is 0.572. The van der Waals surface area contributed by atoms with Crippen LogP contribution in [0.5, 0.6) is 0 Å². The molecule has 1 heteroatoms. The van der Waals surface area contributed by atoms with Gasteiger partial charge in [-0.25, -0.2) is 0 Å². The van der Waals surface area contributed by atoms with Gasteiger partial charge in [0.2, 0.25) is 0 Å². The van der Waals surface area contributed by atoms with Crippen molar-refractivity contribution in [2.45, 2.75) is 20.8 Å². The summed E-state index contributed by atoms with van der Waals surface area (Å²) >= 11 is 0. The van der Waals surface area contributed by atoms with Crippen LogP contribution in [-0.2, 0) is 0 Å². The van der Waals surface area contributed by atoms with E-state index in [1.165, 1.54) is 11.1 Å². The molecule has 1 rings (SSSR count). The van der Waals surface area contributed by atoms with Crippen LogP contribution < -0.4 is 0 Å². The van der Waals surface area contributed by atoms with E-state index in [2.05, 4.69) is 50.1 Å². The summed E-state index contributed by atoms with van der Waals surface area (Å²) in [5.74, 6) is 0.572. The second-order valence-electron chi connectivity index (χ2n) is 3.70. The van der Waals surface area contributed by atoms with Gasteiger partial charge < -0.3 is 0 Å². The Labute approximate surface area is 80.6 Å². The van der Waals surface area contributed by atoms with Crippen molar-refractivity contribution < 1.29 is 0 Å². The molecule has 0 heterocycles. The summed E-state index contributed by atoms with van der Waals surface area (Å²) in [4.78, 5) is 4.25. The Kier molecular flexibility index (Phi) is 3.24. The number of nitrogens with zero attached hydrogens (tertiary/aromatic N) is 1. The highest BCUT2D eigenvalue weighted by Crippen LogP contribution is 2.15. The quantitative estimate of drug-likeness (QED) is 0.580. The molecule has 70 valence electrons. The van der Waals surface area contributed by atoms with E-state index in [1.54, 1.807) is 0 Å². The summed E-state index contributed by atoms with van der Waals surface area (Å²) in [5.41, 5.74) is 3.60. The lowest BCUT2D eigenvalue weighted by molar-refractivity contribution is 0.829. The van der Waals surface area contributed by atoms with Gasteiger partial charge in [-0.1, -0.05) is 32.1 Å². The van der Waals surface area contributed by atoms with Gasteiger partial charge in [0, 0.05) is 7.05 Å². The molecule has 0 N–H and O–H groups in total. The molecule has 0 aromatic heterocycles. The molecular weight excluding hydrogens is 158 g/mol. The van der Waals surface area contributed by atoms with E-state index < -0.39 is 0 Å². The summed E-state index contributed by atoms with van der Waals surface area (Å²) < 4.78 is 0. The molecular formula is C12H17N. The van der Waals surface area contributed by atoms with Crippen molar-refractivity contribution in [1.82, 2.24) is 0 Å². The van der Waals surface area contributed by atoms with Gasteiger partial charge >= 0.3 is 0 Å². The average Bonchev–Trinajstić information content (AvgIpc) is 2.07. The van der Waals surface area contributed by atoms with Gasteiger partial charge in [0.25, 0.3) is 0 Å². The largest absolute Gasteiger partial charge is 0.288 e. The molecule has 0 unspecified atom stereocenters. The highest BCUT2D eigenvalue weighted by molar-refractivity contribution is 6.12. The Balaban J connectivity index is 2.98. The zero-order valence-electron chi connectivity index (χ0n) is 8.83. The maximum absolute atomic E-state index is 4.25. The summed E-state index contributed by atoms with van der Waals surface area (Å²) in [6.07, 6.45) is 8.62. The molecule has 0 saturated carbocycles. The van der Waals surface area contributed by atoms with Gasteiger partial charge in [-0.05, 0) is 30.1 Å². The van der Waals surface area contributed by atoms with E-state index in [-0.39, 0.29) is 0 Å². The van der Waals surface area contributed by atoms with Gasteiger partial charge in [0.05, 0.1) is 5.71 Å². The Morgan fingerprint density at radius 1 is 1.31 bits per heavy atom. The van der Waals surface area contributed by atoms with Crippen LogP contribution >= 0.6 is 0 Å². The third-order valence-corrected chi connectivity index (χ3v) is 1.94. The van der Waals surface area contributed by atoms with Crippen LogP contribution in [0, 0.1) is 5.92 Å². The Morgan fingerprint density at radius 3 is 2.54 bits per heavy atom. The third-order valence-electron chi connectivity index (χ3n) is 1.94. The van der Waals surface area contributed by atoms with Crippen LogP contribution in [0.25, 0.3) is 0 Å². The molecule has 0 saturated heterocycles. The SMILES string of the molecule is C/N=C1/C=C(C)C=C/C1=C/C(C)C. The molecule has 1 aliphatic carbocycles. The van der Waals surface area contributed by atoms with Crippen LogP contribution in [0.15, 0.2) is 40.4 Å². The average molecular weight is 175 g/mol. The lowest BCUT2D eigenvalue weighted by Gasteiger charge is -2.09. The van der Waals surface area contributed by atoms with E-state index in [0.29, 0.717) is 5.92 Å². The van der Waals surface area contributed by atoms with E-state index >= 15 is 0 Å². The zero-order valence-corrected chi connectivity index (χ0v) is 8.83. The molecule has 1 nitrogen and oxygen atoms in total. The number of hydrogen-bond donors (Lipinski definition) is 0. The van der Waals surface area contributed by atoms with Crippen molar-refractivity contribution in [3.05, 3.63) is 35.5 Å². The van der Waals surface area contributed by atoms with Gasteiger partial charge in [0.1, 0.15) is 0 Å². The normalized spacial score (nSPS) is 23.0. The fraction of sp³-hybridized carbons (Fsp3) is 0.417. The van der Waals surface area contributed by atoms with Crippen molar-refractivity contribution in [2.75, 3.05) is 7.05 Å². The molecule has 1 aliphatic rings. The second kappa shape index (κ2) is 4.22. The van der Waals surface area contributed by atoms with E-state index in [4.69, 9.17) is 0 Å². The highest BCUT2D eigenvalue weighted by atomic mass is 14.7. The molecule has 0 amide bonds. The van der Waals surface area contributed by atoms with Crippen molar-refractivity contribution in [3.63, 3.8) is 0 Å². The maximum Gasteiger partial charge on any atom is 0.0642 e. The van der Waals surface area contributed by atoms with Crippen molar-refractivity contribution >= 4 is 5.71 Å². The van der Waals surface area contributed by atoms with E-state index in [9.17, 15) is 0 Å². The van der Waals surface area contributed by atoms with Crippen molar-refractivity contribution in [1.29, 1.82) is 0 Å². The number of rotatable bonds is 1. The number of hydrogen-bond acceptors (Lipinski definition) is 1. The Morgan fingerprint density at radius 2 is 2.00 bits per heavy atom. The van der Waals surface area contributed by atoms with Gasteiger partial charge in [-0.3, -0.25) is 4.99 Å². The fourth-order valence-electron chi connectivity index (χ4n) is 1.35. The fourth-order valence-corrected chi connectivity index (χ4v) is 1.35. The summed E-state index contributed by atoms with van der Waals surface area (Å²) in [5, 5.41) is 0. The van der Waals surface area contributed by atoms with Crippen LogP contribution in [0.2, 0.25) is 0 Å². The first kappa shape index (κ1) is 9.97. The summed E-state index contributed by atoms with van der Waals surface area (Å²) in [7, 11) is 1.84. The molecule has 0 atom stereocenters. The monoisotopic (exact) mass is 175 g/mol. The van der Waals surface area contributed by atoms with Crippen LogP contribution in [-0.4, -0.2) is 12.8 Å². The molecule has 0 bridgehead atoms. The smallest absolute Gasteiger partial charge is 0.0642 e. The van der Waals surface area contributed by atoms with Crippen LogP contribution in [0.3, 0.4) is 0 Å². The topological polar surface area (TPSA) is 12.4 Å². The zero-order chi connectivity index (χ0) is 9.84. The summed E-state index contributed by atoms with van der Waals surface area (Å²) in [6.45, 7) is 6.45. The van der Waals surface area contributed by atoms with Crippen LogP contribution in [0.4, 0.5) is 0 Å². The first-order valence-electron chi connectivity index (χ1n) is 4.69. The molecule has 0 aliphatic heterocycles.